The van der Waals surface area contributed by atoms with Gasteiger partial charge in [0.2, 0.25) is 5.56 Å². The van der Waals surface area contributed by atoms with Crippen LogP contribution < -0.4 is 5.56 Å². The highest BCUT2D eigenvalue weighted by atomic mass is 16.4. The highest BCUT2D eigenvalue weighted by Gasteiger charge is 1.84. The van der Waals surface area contributed by atoms with E-state index in [1.54, 1.807) is 6.07 Å². The van der Waals surface area contributed by atoms with Gasteiger partial charge in [0.05, 0.1) is 6.21 Å². The smallest absolute Gasteiger partial charge is 0.247 e. The van der Waals surface area contributed by atoms with Gasteiger partial charge in [0.25, 0.3) is 0 Å². The molecule has 0 aromatic carbocycles. The van der Waals surface area contributed by atoms with Crippen LogP contribution in [0.4, 0.5) is 0 Å². The lowest BCUT2D eigenvalue weighted by Gasteiger charge is -1.86. The maximum atomic E-state index is 10.5. The van der Waals surface area contributed by atoms with Gasteiger partial charge in [-0.1, -0.05) is 5.16 Å². The first-order chi connectivity index (χ1) is 4.83. The molecule has 0 saturated heterocycles. The Morgan fingerprint density at radius 1 is 1.60 bits per heavy atom. The third kappa shape index (κ3) is 1.45. The molecule has 0 fully saturated rings. The zero-order valence-electron chi connectivity index (χ0n) is 5.11. The molecular formula is C6H6N2O2. The summed E-state index contributed by atoms with van der Waals surface area (Å²) in [5.41, 5.74) is 0.484. The highest BCUT2D eigenvalue weighted by Crippen LogP contribution is 1.85. The van der Waals surface area contributed by atoms with Crippen molar-refractivity contribution in [3.05, 3.63) is 34.2 Å². The summed E-state index contributed by atoms with van der Waals surface area (Å²) in [6.45, 7) is 0. The van der Waals surface area contributed by atoms with Crippen molar-refractivity contribution in [2.24, 2.45) is 5.16 Å². The number of rotatable bonds is 1. The van der Waals surface area contributed by atoms with Gasteiger partial charge >= 0.3 is 0 Å². The van der Waals surface area contributed by atoms with E-state index in [9.17, 15) is 4.79 Å². The zero-order chi connectivity index (χ0) is 7.40. The van der Waals surface area contributed by atoms with Crippen molar-refractivity contribution in [3.63, 3.8) is 0 Å². The minimum absolute atomic E-state index is 0.171. The van der Waals surface area contributed by atoms with Crippen LogP contribution in [0.5, 0.6) is 0 Å². The normalized spacial score (nSPS) is 10.4. The van der Waals surface area contributed by atoms with E-state index >= 15 is 0 Å². The van der Waals surface area contributed by atoms with Crippen molar-refractivity contribution in [1.82, 2.24) is 4.98 Å². The van der Waals surface area contributed by atoms with Gasteiger partial charge in [0.15, 0.2) is 0 Å². The topological polar surface area (TPSA) is 65.4 Å². The Hall–Kier alpha value is -1.58. The largest absolute Gasteiger partial charge is 0.411 e. The van der Waals surface area contributed by atoms with Crippen molar-refractivity contribution < 1.29 is 5.21 Å². The second kappa shape index (κ2) is 2.82. The Balaban J connectivity index is 3.00. The average molecular weight is 138 g/mol. The van der Waals surface area contributed by atoms with Crippen LogP contribution in [0.3, 0.4) is 0 Å². The Bertz CT molecular complexity index is 270. The van der Waals surface area contributed by atoms with E-state index in [0.717, 1.165) is 0 Å². The van der Waals surface area contributed by atoms with E-state index in [-0.39, 0.29) is 5.56 Å². The number of aromatic nitrogens is 1. The minimum atomic E-state index is -0.171. The molecule has 1 aromatic rings. The number of pyridine rings is 1. The van der Waals surface area contributed by atoms with Crippen LogP contribution in [0, 0.1) is 0 Å². The van der Waals surface area contributed by atoms with Gasteiger partial charge < -0.3 is 10.2 Å². The summed E-state index contributed by atoms with van der Waals surface area (Å²) in [5.74, 6) is 0. The number of hydrogen-bond acceptors (Lipinski definition) is 3. The van der Waals surface area contributed by atoms with Crippen molar-refractivity contribution in [2.45, 2.75) is 0 Å². The molecule has 0 unspecified atom stereocenters. The van der Waals surface area contributed by atoms with E-state index in [0.29, 0.717) is 5.56 Å². The molecule has 4 nitrogen and oxygen atoms in total. The van der Waals surface area contributed by atoms with Gasteiger partial charge in [0.1, 0.15) is 0 Å². The zero-order valence-corrected chi connectivity index (χ0v) is 5.11. The van der Waals surface area contributed by atoms with Crippen LogP contribution in [0.15, 0.2) is 28.3 Å². The molecule has 0 spiro atoms. The lowest BCUT2D eigenvalue weighted by Crippen LogP contribution is -2.02. The van der Waals surface area contributed by atoms with Crippen molar-refractivity contribution in [3.8, 4) is 0 Å². The molecule has 10 heavy (non-hydrogen) atoms. The summed E-state index contributed by atoms with van der Waals surface area (Å²) in [5, 5.41) is 10.9. The van der Waals surface area contributed by atoms with Crippen LogP contribution in [0.25, 0.3) is 0 Å². The third-order valence-corrected chi connectivity index (χ3v) is 1.02. The van der Waals surface area contributed by atoms with Gasteiger partial charge in [-0.25, -0.2) is 0 Å². The number of oxime groups is 1. The number of nitrogens with zero attached hydrogens (tertiary/aromatic N) is 1. The van der Waals surface area contributed by atoms with Crippen molar-refractivity contribution in [2.75, 3.05) is 0 Å². The van der Waals surface area contributed by atoms with E-state index < -0.39 is 0 Å². The lowest BCUT2D eigenvalue weighted by atomic mass is 10.3. The number of aromatic amines is 1. The maximum absolute atomic E-state index is 10.5. The third-order valence-electron chi connectivity index (χ3n) is 1.02. The average Bonchev–Trinajstić information content (AvgIpc) is 1.95. The van der Waals surface area contributed by atoms with Gasteiger partial charge in [-0.3, -0.25) is 4.79 Å². The Labute approximate surface area is 56.8 Å². The number of hydrogen-bond donors (Lipinski definition) is 2. The lowest BCUT2D eigenvalue weighted by molar-refractivity contribution is 0.322. The van der Waals surface area contributed by atoms with Crippen LogP contribution in [0.2, 0.25) is 0 Å². The highest BCUT2D eigenvalue weighted by molar-refractivity contribution is 5.78. The summed E-state index contributed by atoms with van der Waals surface area (Å²) in [6.07, 6.45) is 2.69. The van der Waals surface area contributed by atoms with E-state index in [1.165, 1.54) is 18.5 Å². The Morgan fingerprint density at radius 3 is 2.90 bits per heavy atom. The van der Waals surface area contributed by atoms with E-state index in [1.807, 2.05) is 0 Å². The summed E-state index contributed by atoms with van der Waals surface area (Å²) in [7, 11) is 0. The molecule has 0 bridgehead atoms. The van der Waals surface area contributed by atoms with Gasteiger partial charge in [-0.05, 0) is 6.07 Å². The molecule has 2 N–H and O–H groups in total. The molecule has 0 saturated carbocycles. The van der Waals surface area contributed by atoms with Crippen LogP contribution in [0.1, 0.15) is 5.56 Å². The summed E-state index contributed by atoms with van der Waals surface area (Å²) in [6, 6.07) is 2.91. The number of H-pyrrole nitrogens is 1. The molecule has 0 aliphatic carbocycles. The summed E-state index contributed by atoms with van der Waals surface area (Å²) < 4.78 is 0. The Kier molecular flexibility index (Phi) is 1.84. The van der Waals surface area contributed by atoms with E-state index in [2.05, 4.69) is 10.1 Å². The number of nitrogens with one attached hydrogen (secondary N) is 1. The SMILES string of the molecule is O=c1ccc(C=NO)c[nH]1. The van der Waals surface area contributed by atoms with Crippen LogP contribution in [-0.4, -0.2) is 16.4 Å². The molecule has 1 aromatic heterocycles. The second-order valence-corrected chi connectivity index (χ2v) is 1.73. The predicted octanol–water partition coefficient (Wildman–Crippen LogP) is 0.183. The van der Waals surface area contributed by atoms with Gasteiger partial charge in [-0.15, -0.1) is 0 Å². The maximum Gasteiger partial charge on any atom is 0.247 e. The quantitative estimate of drug-likeness (QED) is 0.330. The fourth-order valence-corrected chi connectivity index (χ4v) is 0.570. The fourth-order valence-electron chi connectivity index (χ4n) is 0.570. The van der Waals surface area contributed by atoms with Crippen LogP contribution >= 0.6 is 0 Å². The molecule has 4 heteroatoms. The van der Waals surface area contributed by atoms with E-state index in [4.69, 9.17) is 5.21 Å². The molecule has 0 radical (unpaired) electrons. The first kappa shape index (κ1) is 6.54. The molecular weight excluding hydrogens is 132 g/mol. The molecule has 1 rings (SSSR count). The Morgan fingerprint density at radius 2 is 2.40 bits per heavy atom. The molecule has 1 heterocycles. The van der Waals surface area contributed by atoms with Gasteiger partial charge in [-0.2, -0.15) is 0 Å². The predicted molar refractivity (Wildman–Crippen MR) is 36.4 cm³/mol. The first-order valence-electron chi connectivity index (χ1n) is 2.69. The fraction of sp³-hybridized carbons (Fsp3) is 0. The molecule has 0 amide bonds. The summed E-state index contributed by atoms with van der Waals surface area (Å²) >= 11 is 0. The molecule has 0 aliphatic heterocycles. The molecule has 0 atom stereocenters. The first-order valence-corrected chi connectivity index (χ1v) is 2.69. The standard InChI is InChI=1S/C6H6N2O2/c9-6-2-1-5(3-7-6)4-8-10/h1-4,10H,(H,7,9). The molecule has 0 aliphatic rings. The van der Waals surface area contributed by atoms with Crippen molar-refractivity contribution in [1.29, 1.82) is 0 Å². The van der Waals surface area contributed by atoms with Crippen LogP contribution in [-0.2, 0) is 0 Å². The van der Waals surface area contributed by atoms with Crippen molar-refractivity contribution >= 4 is 6.21 Å². The minimum Gasteiger partial charge on any atom is -0.411 e. The second-order valence-electron chi connectivity index (χ2n) is 1.73. The van der Waals surface area contributed by atoms with Gasteiger partial charge in [0, 0.05) is 17.8 Å². The summed E-state index contributed by atoms with van der Waals surface area (Å²) in [4.78, 5) is 12.9. The monoisotopic (exact) mass is 138 g/mol. The molecule has 52 valence electrons.